The van der Waals surface area contributed by atoms with Gasteiger partial charge in [-0.3, -0.25) is 9.59 Å². The number of benzene rings is 3. The van der Waals surface area contributed by atoms with Crippen LogP contribution in [0.3, 0.4) is 0 Å². The van der Waals surface area contributed by atoms with Crippen molar-refractivity contribution < 1.29 is 19.5 Å². The second kappa shape index (κ2) is 11.5. The van der Waals surface area contributed by atoms with E-state index in [1.54, 1.807) is 30.5 Å². The van der Waals surface area contributed by atoms with Crippen molar-refractivity contribution in [1.29, 1.82) is 0 Å². The van der Waals surface area contributed by atoms with Gasteiger partial charge in [0.05, 0.1) is 5.92 Å². The first kappa shape index (κ1) is 24.3. The molecule has 2 atom stereocenters. The summed E-state index contributed by atoms with van der Waals surface area (Å²) in [5, 5.41) is 13.4. The Morgan fingerprint density at radius 2 is 1.51 bits per heavy atom. The number of amides is 1. The molecule has 0 saturated heterocycles. The van der Waals surface area contributed by atoms with Crippen LogP contribution in [0, 0.1) is 5.92 Å². The van der Waals surface area contributed by atoms with Crippen LogP contribution in [0.25, 0.3) is 10.9 Å². The van der Waals surface area contributed by atoms with Crippen molar-refractivity contribution in [2.24, 2.45) is 5.92 Å². The Bertz CT molecular complexity index is 1300. The number of thioether (sulfide) groups is 1. The van der Waals surface area contributed by atoms with Gasteiger partial charge in [-0.1, -0.05) is 90.6 Å². The van der Waals surface area contributed by atoms with Crippen LogP contribution in [0.5, 0.6) is 0 Å². The summed E-state index contributed by atoms with van der Waals surface area (Å²) in [4.78, 5) is 41.1. The first-order valence-electron chi connectivity index (χ1n) is 11.4. The minimum absolute atomic E-state index is 0.120. The fourth-order valence-electron chi connectivity index (χ4n) is 3.97. The number of para-hydroxylation sites is 1. The van der Waals surface area contributed by atoms with Gasteiger partial charge in [-0.2, -0.15) is 0 Å². The zero-order valence-corrected chi connectivity index (χ0v) is 19.8. The highest BCUT2D eigenvalue weighted by Gasteiger charge is 2.27. The van der Waals surface area contributed by atoms with Gasteiger partial charge >= 0.3 is 5.97 Å². The van der Waals surface area contributed by atoms with Gasteiger partial charge in [0.2, 0.25) is 11.0 Å². The van der Waals surface area contributed by atoms with E-state index in [-0.39, 0.29) is 23.2 Å². The Morgan fingerprint density at radius 1 is 0.857 bits per heavy atom. The van der Waals surface area contributed by atoms with Crippen molar-refractivity contribution in [2.45, 2.75) is 18.9 Å². The van der Waals surface area contributed by atoms with Crippen LogP contribution in [0.15, 0.2) is 91.1 Å². The summed E-state index contributed by atoms with van der Waals surface area (Å²) in [7, 11) is 0. The van der Waals surface area contributed by atoms with Crippen molar-refractivity contribution in [2.75, 3.05) is 5.75 Å². The second-order valence-electron chi connectivity index (χ2n) is 8.31. The van der Waals surface area contributed by atoms with Gasteiger partial charge < -0.3 is 15.4 Å². The molecule has 1 heterocycles. The van der Waals surface area contributed by atoms with E-state index in [0.717, 1.165) is 33.8 Å². The van der Waals surface area contributed by atoms with Crippen molar-refractivity contribution in [3.8, 4) is 0 Å². The van der Waals surface area contributed by atoms with E-state index in [1.807, 2.05) is 60.7 Å². The predicted molar refractivity (Wildman–Crippen MR) is 138 cm³/mol. The average Bonchev–Trinajstić information content (AvgIpc) is 3.29. The Labute approximate surface area is 207 Å². The molecule has 0 radical (unpaired) electrons. The van der Waals surface area contributed by atoms with Gasteiger partial charge in [0.1, 0.15) is 6.04 Å². The number of hydrogen-bond donors (Lipinski definition) is 3. The molecule has 0 aliphatic rings. The summed E-state index contributed by atoms with van der Waals surface area (Å²) < 4.78 is 0. The Morgan fingerprint density at radius 3 is 2.23 bits per heavy atom. The molecule has 35 heavy (non-hydrogen) atoms. The number of rotatable bonds is 10. The molecule has 4 aromatic rings. The monoisotopic (exact) mass is 486 g/mol. The number of hydrogen-bond acceptors (Lipinski definition) is 4. The summed E-state index contributed by atoms with van der Waals surface area (Å²) in [5.41, 5.74) is 3.25. The Balaban J connectivity index is 1.48. The molecule has 4 rings (SSSR count). The number of aromatic amines is 1. The molecule has 1 aromatic heterocycles. The number of carbonyl (C=O) groups is 3. The molecule has 0 saturated carbocycles. The van der Waals surface area contributed by atoms with Gasteiger partial charge in [0.15, 0.2) is 0 Å². The lowest BCUT2D eigenvalue weighted by Crippen LogP contribution is -2.46. The first-order chi connectivity index (χ1) is 17.0. The lowest BCUT2D eigenvalue weighted by atomic mass is 9.99. The number of carbonyl (C=O) groups excluding carboxylic acids is 2. The number of fused-ring (bicyclic) bond motifs is 1. The summed E-state index contributed by atoms with van der Waals surface area (Å²) in [5.74, 6) is -1.81. The standard InChI is InChI=1S/C28H26N2O4S/c31-26(30-25(27(32)33)16-21-17-29-24-14-8-7-13-23(21)24)22(15-19-9-3-1-4-10-19)18-35-28(34)20-11-5-2-6-12-20/h1-14,17,22,25,29H,15-16,18H2,(H,30,31)(H,32,33)/t22?,25-/m1/s1. The van der Waals surface area contributed by atoms with Crippen LogP contribution in [-0.4, -0.2) is 38.9 Å². The third-order valence-corrected chi connectivity index (χ3v) is 6.90. The fraction of sp³-hybridized carbons (Fsp3) is 0.179. The topological polar surface area (TPSA) is 99.3 Å². The first-order valence-corrected chi connectivity index (χ1v) is 12.3. The number of carboxylic acids is 1. The number of aliphatic carboxylic acids is 1. The van der Waals surface area contributed by atoms with Crippen molar-refractivity contribution in [1.82, 2.24) is 10.3 Å². The molecule has 0 bridgehead atoms. The molecule has 0 spiro atoms. The molecule has 6 nitrogen and oxygen atoms in total. The van der Waals surface area contributed by atoms with E-state index in [1.165, 1.54) is 0 Å². The van der Waals surface area contributed by atoms with Gasteiger partial charge in [-0.25, -0.2) is 4.79 Å². The zero-order valence-electron chi connectivity index (χ0n) is 19.0. The van der Waals surface area contributed by atoms with Crippen LogP contribution >= 0.6 is 11.8 Å². The third kappa shape index (κ3) is 6.39. The molecule has 0 aliphatic carbocycles. The van der Waals surface area contributed by atoms with E-state index in [9.17, 15) is 19.5 Å². The SMILES string of the molecule is O=C(SCC(Cc1ccccc1)C(=O)N[C@H](Cc1c[nH]c2ccccc12)C(=O)O)c1ccccc1. The normalized spacial score (nSPS) is 12.7. The number of carboxylic acid groups (broad SMARTS) is 1. The van der Waals surface area contributed by atoms with Crippen LogP contribution in [0.2, 0.25) is 0 Å². The third-order valence-electron chi connectivity index (χ3n) is 5.83. The van der Waals surface area contributed by atoms with Crippen molar-refractivity contribution in [3.63, 3.8) is 0 Å². The van der Waals surface area contributed by atoms with Crippen molar-refractivity contribution in [3.05, 3.63) is 108 Å². The summed E-state index contributed by atoms with van der Waals surface area (Å²) >= 11 is 1.08. The van der Waals surface area contributed by atoms with E-state index < -0.39 is 17.9 Å². The highest BCUT2D eigenvalue weighted by molar-refractivity contribution is 8.14. The van der Waals surface area contributed by atoms with Crippen LogP contribution < -0.4 is 5.32 Å². The minimum Gasteiger partial charge on any atom is -0.480 e. The molecule has 3 aromatic carbocycles. The molecule has 178 valence electrons. The van der Waals surface area contributed by atoms with E-state index in [4.69, 9.17) is 0 Å². The van der Waals surface area contributed by atoms with Gasteiger partial charge in [0, 0.05) is 34.8 Å². The van der Waals surface area contributed by atoms with Crippen LogP contribution in [-0.2, 0) is 22.4 Å². The van der Waals surface area contributed by atoms with Gasteiger partial charge in [-0.05, 0) is 23.6 Å². The highest BCUT2D eigenvalue weighted by Crippen LogP contribution is 2.21. The molecule has 3 N–H and O–H groups in total. The van der Waals surface area contributed by atoms with Crippen LogP contribution in [0.4, 0.5) is 0 Å². The second-order valence-corrected chi connectivity index (χ2v) is 9.31. The largest absolute Gasteiger partial charge is 0.480 e. The number of H-pyrrole nitrogens is 1. The molecule has 1 unspecified atom stereocenters. The predicted octanol–water partition coefficient (Wildman–Crippen LogP) is 4.71. The van der Waals surface area contributed by atoms with Crippen molar-refractivity contribution >= 4 is 39.7 Å². The minimum atomic E-state index is -1.10. The zero-order chi connectivity index (χ0) is 24.6. The lowest BCUT2D eigenvalue weighted by Gasteiger charge is -2.20. The van der Waals surface area contributed by atoms with E-state index in [2.05, 4.69) is 10.3 Å². The lowest BCUT2D eigenvalue weighted by molar-refractivity contribution is -0.142. The Hall–Kier alpha value is -3.84. The average molecular weight is 487 g/mol. The molecule has 7 heteroatoms. The van der Waals surface area contributed by atoms with E-state index >= 15 is 0 Å². The number of nitrogens with one attached hydrogen (secondary N) is 2. The quantitative estimate of drug-likeness (QED) is 0.301. The van der Waals surface area contributed by atoms with Gasteiger partial charge in [-0.15, -0.1) is 0 Å². The maximum atomic E-state index is 13.3. The van der Waals surface area contributed by atoms with Crippen LogP contribution in [0.1, 0.15) is 21.5 Å². The molecule has 0 aliphatic heterocycles. The molecular weight excluding hydrogens is 460 g/mol. The maximum Gasteiger partial charge on any atom is 0.326 e. The molecular formula is C28H26N2O4S. The summed E-state index contributed by atoms with van der Waals surface area (Å²) in [6.45, 7) is 0. The summed E-state index contributed by atoms with van der Waals surface area (Å²) in [6, 6.07) is 25.0. The summed E-state index contributed by atoms with van der Waals surface area (Å²) in [6.07, 6.45) is 2.34. The highest BCUT2D eigenvalue weighted by atomic mass is 32.2. The number of aromatic nitrogens is 1. The maximum absolute atomic E-state index is 13.3. The van der Waals surface area contributed by atoms with Gasteiger partial charge in [0.25, 0.3) is 0 Å². The molecule has 1 amide bonds. The van der Waals surface area contributed by atoms with E-state index in [0.29, 0.717) is 12.0 Å². The Kier molecular flexibility index (Phi) is 8.00. The molecule has 0 fully saturated rings. The smallest absolute Gasteiger partial charge is 0.326 e. The fourth-order valence-corrected chi connectivity index (χ4v) is 4.89.